The largest absolute Gasteiger partial charge is 0.368 e. The van der Waals surface area contributed by atoms with Crippen LogP contribution in [0.3, 0.4) is 0 Å². The first-order chi connectivity index (χ1) is 11.5. The molecule has 0 aliphatic carbocycles. The van der Waals surface area contributed by atoms with Gasteiger partial charge in [-0.25, -0.2) is 0 Å². The van der Waals surface area contributed by atoms with Gasteiger partial charge in [-0.1, -0.05) is 62.4 Å². The Kier molecular flexibility index (Phi) is 4.21. The van der Waals surface area contributed by atoms with Gasteiger partial charge in [0.15, 0.2) is 0 Å². The number of nitrogens with two attached hydrogens (primary N) is 1. The van der Waals surface area contributed by atoms with E-state index in [0.29, 0.717) is 5.56 Å². The molecule has 0 radical (unpaired) electrons. The normalized spacial score (nSPS) is 12.5. The van der Waals surface area contributed by atoms with E-state index < -0.39 is 11.9 Å². The minimum absolute atomic E-state index is 0.0762. The van der Waals surface area contributed by atoms with Gasteiger partial charge >= 0.3 is 0 Å². The first-order valence-corrected chi connectivity index (χ1v) is 7.99. The van der Waals surface area contributed by atoms with Crippen LogP contribution in [0.25, 0.3) is 21.5 Å². The molecule has 3 rings (SSSR count). The molecule has 0 spiro atoms. The SMILES string of the molecule is CC(C)[C@@H](NC(=O)c1c2ccccc2cc2ccccc12)C(N)=O. The average Bonchev–Trinajstić information content (AvgIpc) is 2.56. The summed E-state index contributed by atoms with van der Waals surface area (Å²) in [7, 11) is 0. The molecule has 0 aromatic heterocycles. The van der Waals surface area contributed by atoms with Gasteiger partial charge in [-0.3, -0.25) is 9.59 Å². The molecular weight excluding hydrogens is 300 g/mol. The van der Waals surface area contributed by atoms with E-state index in [1.165, 1.54) is 0 Å². The Balaban J connectivity index is 2.18. The number of amides is 2. The Morgan fingerprint density at radius 1 is 0.917 bits per heavy atom. The summed E-state index contributed by atoms with van der Waals surface area (Å²) < 4.78 is 0. The number of carbonyl (C=O) groups is 2. The van der Waals surface area contributed by atoms with Crippen LogP contribution >= 0.6 is 0 Å². The highest BCUT2D eigenvalue weighted by Gasteiger charge is 2.24. The molecule has 24 heavy (non-hydrogen) atoms. The second-order valence-corrected chi connectivity index (χ2v) is 6.29. The number of carbonyl (C=O) groups excluding carboxylic acids is 2. The van der Waals surface area contributed by atoms with Crippen molar-refractivity contribution in [3.05, 3.63) is 60.2 Å². The summed E-state index contributed by atoms with van der Waals surface area (Å²) in [6, 6.07) is 16.9. The maximum Gasteiger partial charge on any atom is 0.253 e. The van der Waals surface area contributed by atoms with Crippen LogP contribution in [0.15, 0.2) is 54.6 Å². The smallest absolute Gasteiger partial charge is 0.253 e. The number of primary amides is 1. The van der Waals surface area contributed by atoms with Gasteiger partial charge in [-0.2, -0.15) is 0 Å². The Morgan fingerprint density at radius 2 is 1.42 bits per heavy atom. The van der Waals surface area contributed by atoms with Gasteiger partial charge in [0.1, 0.15) is 6.04 Å². The molecule has 0 aliphatic heterocycles. The van der Waals surface area contributed by atoms with Crippen LogP contribution in [-0.4, -0.2) is 17.9 Å². The van der Waals surface area contributed by atoms with E-state index in [9.17, 15) is 9.59 Å². The van der Waals surface area contributed by atoms with Crippen LogP contribution in [0.5, 0.6) is 0 Å². The van der Waals surface area contributed by atoms with Crippen molar-refractivity contribution in [1.82, 2.24) is 5.32 Å². The van der Waals surface area contributed by atoms with Crippen molar-refractivity contribution in [3.8, 4) is 0 Å². The van der Waals surface area contributed by atoms with E-state index in [2.05, 4.69) is 11.4 Å². The average molecular weight is 320 g/mol. The molecule has 1 atom stereocenters. The molecule has 3 aromatic carbocycles. The maximum atomic E-state index is 13.0. The van der Waals surface area contributed by atoms with E-state index in [1.54, 1.807) is 0 Å². The summed E-state index contributed by atoms with van der Waals surface area (Å²) in [5.74, 6) is -0.879. The van der Waals surface area contributed by atoms with Gasteiger partial charge in [0, 0.05) is 0 Å². The molecule has 4 heteroatoms. The number of hydrogen-bond donors (Lipinski definition) is 2. The molecular formula is C20H20N2O2. The van der Waals surface area contributed by atoms with Gasteiger partial charge in [0.05, 0.1) is 5.56 Å². The van der Waals surface area contributed by atoms with E-state index >= 15 is 0 Å². The van der Waals surface area contributed by atoms with Crippen LogP contribution in [0, 0.1) is 5.92 Å². The Bertz CT molecular complexity index is 877. The number of rotatable bonds is 4. The van der Waals surface area contributed by atoms with Crippen molar-refractivity contribution >= 4 is 33.4 Å². The lowest BCUT2D eigenvalue weighted by molar-refractivity contribution is -0.120. The Morgan fingerprint density at radius 3 is 1.88 bits per heavy atom. The Labute approximate surface area is 140 Å². The van der Waals surface area contributed by atoms with E-state index in [1.807, 2.05) is 62.4 Å². The summed E-state index contributed by atoms with van der Waals surface area (Å²) >= 11 is 0. The molecule has 4 nitrogen and oxygen atoms in total. The predicted octanol–water partition coefficient (Wildman–Crippen LogP) is 3.23. The second kappa shape index (κ2) is 6.32. The maximum absolute atomic E-state index is 13.0. The van der Waals surface area contributed by atoms with E-state index in [0.717, 1.165) is 21.5 Å². The van der Waals surface area contributed by atoms with Crippen LogP contribution in [-0.2, 0) is 4.79 Å². The number of fused-ring (bicyclic) bond motifs is 2. The second-order valence-electron chi connectivity index (χ2n) is 6.29. The van der Waals surface area contributed by atoms with Crippen LogP contribution < -0.4 is 11.1 Å². The molecule has 0 fully saturated rings. The Hall–Kier alpha value is -2.88. The van der Waals surface area contributed by atoms with Crippen molar-refractivity contribution < 1.29 is 9.59 Å². The molecule has 0 saturated carbocycles. The third-order valence-electron chi connectivity index (χ3n) is 4.26. The highest BCUT2D eigenvalue weighted by molar-refractivity contribution is 6.18. The molecule has 0 saturated heterocycles. The summed E-state index contributed by atoms with van der Waals surface area (Å²) in [5, 5.41) is 6.50. The summed E-state index contributed by atoms with van der Waals surface area (Å²) in [5.41, 5.74) is 6.01. The van der Waals surface area contributed by atoms with E-state index in [4.69, 9.17) is 5.73 Å². The first kappa shape index (κ1) is 16.0. The molecule has 0 heterocycles. The highest BCUT2D eigenvalue weighted by atomic mass is 16.2. The monoisotopic (exact) mass is 320 g/mol. The zero-order chi connectivity index (χ0) is 17.3. The van der Waals surface area contributed by atoms with Crippen molar-refractivity contribution in [1.29, 1.82) is 0 Å². The quantitative estimate of drug-likeness (QED) is 0.724. The first-order valence-electron chi connectivity index (χ1n) is 7.99. The van der Waals surface area contributed by atoms with Crippen LogP contribution in [0.2, 0.25) is 0 Å². The van der Waals surface area contributed by atoms with Crippen molar-refractivity contribution in [2.24, 2.45) is 11.7 Å². The third kappa shape index (κ3) is 2.83. The zero-order valence-corrected chi connectivity index (χ0v) is 13.7. The lowest BCUT2D eigenvalue weighted by Gasteiger charge is -2.20. The number of benzene rings is 3. The molecule has 0 aliphatic rings. The van der Waals surface area contributed by atoms with Gasteiger partial charge in [0.2, 0.25) is 5.91 Å². The molecule has 0 unspecified atom stereocenters. The van der Waals surface area contributed by atoms with Gasteiger partial charge in [-0.05, 0) is 33.5 Å². The molecule has 0 bridgehead atoms. The van der Waals surface area contributed by atoms with Crippen molar-refractivity contribution in [2.45, 2.75) is 19.9 Å². The fourth-order valence-corrected chi connectivity index (χ4v) is 3.04. The van der Waals surface area contributed by atoms with E-state index in [-0.39, 0.29) is 11.8 Å². The molecule has 3 aromatic rings. The number of nitrogens with one attached hydrogen (secondary N) is 1. The standard InChI is InChI=1S/C20H20N2O2/c1-12(2)18(19(21)23)22-20(24)17-15-9-5-3-7-13(15)11-14-8-4-6-10-16(14)17/h3-12,18H,1-2H3,(H2,21,23)(H,22,24)/t18-/m1/s1. The van der Waals surface area contributed by atoms with Gasteiger partial charge in [0.25, 0.3) is 5.91 Å². The minimum Gasteiger partial charge on any atom is -0.368 e. The topological polar surface area (TPSA) is 72.2 Å². The van der Waals surface area contributed by atoms with Gasteiger partial charge < -0.3 is 11.1 Å². The summed E-state index contributed by atoms with van der Waals surface area (Å²) in [6.07, 6.45) is 0. The van der Waals surface area contributed by atoms with Crippen molar-refractivity contribution in [3.63, 3.8) is 0 Å². The number of hydrogen-bond acceptors (Lipinski definition) is 2. The molecule has 122 valence electrons. The summed E-state index contributed by atoms with van der Waals surface area (Å²) in [6.45, 7) is 3.72. The fourth-order valence-electron chi connectivity index (χ4n) is 3.04. The minimum atomic E-state index is -0.699. The molecule has 3 N–H and O–H groups in total. The molecule has 2 amide bonds. The lowest BCUT2D eigenvalue weighted by Crippen LogP contribution is -2.47. The zero-order valence-electron chi connectivity index (χ0n) is 13.7. The van der Waals surface area contributed by atoms with Crippen LogP contribution in [0.4, 0.5) is 0 Å². The van der Waals surface area contributed by atoms with Crippen molar-refractivity contribution in [2.75, 3.05) is 0 Å². The predicted molar refractivity (Wildman–Crippen MR) is 96.7 cm³/mol. The fraction of sp³-hybridized carbons (Fsp3) is 0.200. The van der Waals surface area contributed by atoms with Crippen LogP contribution in [0.1, 0.15) is 24.2 Å². The highest BCUT2D eigenvalue weighted by Crippen LogP contribution is 2.28. The summed E-state index contributed by atoms with van der Waals surface area (Å²) in [4.78, 5) is 24.6. The lowest BCUT2D eigenvalue weighted by atomic mass is 9.95. The van der Waals surface area contributed by atoms with Gasteiger partial charge in [-0.15, -0.1) is 0 Å². The third-order valence-corrected chi connectivity index (χ3v) is 4.26.